The maximum atomic E-state index is 12.1. The van der Waals surface area contributed by atoms with Crippen LogP contribution in [-0.4, -0.2) is 24.5 Å². The van der Waals surface area contributed by atoms with E-state index >= 15 is 0 Å². The first-order valence-corrected chi connectivity index (χ1v) is 7.82. The highest BCUT2D eigenvalue weighted by molar-refractivity contribution is 14.1. The molecule has 0 aliphatic carbocycles. The van der Waals surface area contributed by atoms with Gasteiger partial charge in [-0.15, -0.1) is 23.7 Å². The van der Waals surface area contributed by atoms with Crippen molar-refractivity contribution in [3.8, 4) is 0 Å². The topological polar surface area (TPSA) is 41.1 Å². The molecule has 3 unspecified atom stereocenters. The lowest BCUT2D eigenvalue weighted by Gasteiger charge is -2.35. The van der Waals surface area contributed by atoms with Gasteiger partial charge in [-0.1, -0.05) is 6.92 Å². The van der Waals surface area contributed by atoms with E-state index in [2.05, 4.69) is 47.1 Å². The van der Waals surface area contributed by atoms with Gasteiger partial charge in [-0.25, -0.2) is 0 Å². The lowest BCUT2D eigenvalue weighted by atomic mass is 9.89. The second kappa shape index (κ2) is 7.07. The summed E-state index contributed by atoms with van der Waals surface area (Å²) in [6, 6.07) is 2.51. The Labute approximate surface area is 132 Å². The summed E-state index contributed by atoms with van der Waals surface area (Å²) in [5.74, 6) is 0.587. The molecule has 0 radical (unpaired) electrons. The summed E-state index contributed by atoms with van der Waals surface area (Å²) >= 11 is 3.85. The molecule has 1 aromatic heterocycles. The Morgan fingerprint density at radius 1 is 1.56 bits per heavy atom. The summed E-state index contributed by atoms with van der Waals surface area (Å²) in [7, 11) is 0. The zero-order valence-electron chi connectivity index (χ0n) is 10.4. The fourth-order valence-corrected chi connectivity index (χ4v) is 3.60. The van der Waals surface area contributed by atoms with Gasteiger partial charge in [0.2, 0.25) is 0 Å². The molecule has 18 heavy (non-hydrogen) atoms. The molecular formula is C12H18ClIN2OS. The van der Waals surface area contributed by atoms with Gasteiger partial charge in [-0.05, 0) is 54.5 Å². The van der Waals surface area contributed by atoms with Crippen LogP contribution in [0.5, 0.6) is 0 Å². The molecule has 0 aromatic carbocycles. The molecule has 0 saturated carbocycles. The van der Waals surface area contributed by atoms with E-state index in [4.69, 9.17) is 0 Å². The van der Waals surface area contributed by atoms with Gasteiger partial charge in [0.05, 0.1) is 8.45 Å². The van der Waals surface area contributed by atoms with Gasteiger partial charge < -0.3 is 10.6 Å². The van der Waals surface area contributed by atoms with Gasteiger partial charge >= 0.3 is 0 Å². The second-order valence-electron chi connectivity index (χ2n) is 4.65. The lowest BCUT2D eigenvalue weighted by Crippen LogP contribution is -2.55. The summed E-state index contributed by atoms with van der Waals surface area (Å²) in [6.07, 6.45) is 1.12. The van der Waals surface area contributed by atoms with E-state index in [1.807, 2.05) is 11.4 Å². The Hall–Kier alpha value is 0.150. The lowest BCUT2D eigenvalue weighted by molar-refractivity contribution is 0.0898. The number of hydrogen-bond donors (Lipinski definition) is 2. The largest absolute Gasteiger partial charge is 0.347 e. The zero-order valence-corrected chi connectivity index (χ0v) is 14.2. The normalized spacial score (nSPS) is 27.4. The number of rotatable bonds is 2. The van der Waals surface area contributed by atoms with E-state index in [1.54, 1.807) is 11.3 Å². The molecule has 0 bridgehead atoms. The van der Waals surface area contributed by atoms with Crippen molar-refractivity contribution in [2.75, 3.05) is 6.54 Å². The van der Waals surface area contributed by atoms with Crippen molar-refractivity contribution >= 4 is 52.2 Å². The number of thiophene rings is 1. The highest BCUT2D eigenvalue weighted by atomic mass is 127. The molecule has 1 aliphatic rings. The van der Waals surface area contributed by atoms with Crippen LogP contribution in [0.15, 0.2) is 11.4 Å². The second-order valence-corrected chi connectivity index (χ2v) is 7.45. The average Bonchev–Trinajstić information content (AvgIpc) is 2.70. The van der Waals surface area contributed by atoms with Gasteiger partial charge in [0.1, 0.15) is 0 Å². The maximum absolute atomic E-state index is 12.1. The number of nitrogens with one attached hydrogen (secondary N) is 2. The summed E-state index contributed by atoms with van der Waals surface area (Å²) < 4.78 is 1.15. The third-order valence-electron chi connectivity index (χ3n) is 3.35. The first-order chi connectivity index (χ1) is 8.08. The predicted octanol–water partition coefficient (Wildman–Crippen LogP) is 2.89. The van der Waals surface area contributed by atoms with Crippen LogP contribution in [0.25, 0.3) is 0 Å². The van der Waals surface area contributed by atoms with E-state index in [0.717, 1.165) is 21.4 Å². The molecular weight excluding hydrogens is 383 g/mol. The standard InChI is InChI=1S/C12H17IN2OS.ClH/c1-7-3-4-14-8(2)11(7)15-12(16)9-5-10(13)17-6-9;/h5-8,11,14H,3-4H2,1-2H3,(H,15,16);1H. The van der Waals surface area contributed by atoms with Crippen LogP contribution in [0.3, 0.4) is 0 Å². The quantitative estimate of drug-likeness (QED) is 0.750. The van der Waals surface area contributed by atoms with Gasteiger partial charge in [0, 0.05) is 17.5 Å². The van der Waals surface area contributed by atoms with E-state index in [0.29, 0.717) is 12.0 Å². The third kappa shape index (κ3) is 3.82. The van der Waals surface area contributed by atoms with Crippen molar-refractivity contribution < 1.29 is 4.79 Å². The number of carbonyl (C=O) groups excluding carboxylic acids is 1. The van der Waals surface area contributed by atoms with Gasteiger partial charge in [-0.2, -0.15) is 0 Å². The fourth-order valence-electron chi connectivity index (χ4n) is 2.27. The number of halogens is 2. The molecule has 1 aromatic rings. The number of carbonyl (C=O) groups is 1. The molecule has 6 heteroatoms. The number of hydrogen-bond acceptors (Lipinski definition) is 3. The average molecular weight is 401 g/mol. The molecule has 1 amide bonds. The van der Waals surface area contributed by atoms with Crippen molar-refractivity contribution in [1.82, 2.24) is 10.6 Å². The Kier molecular flexibility index (Phi) is 6.37. The zero-order chi connectivity index (χ0) is 12.4. The van der Waals surface area contributed by atoms with Crippen LogP contribution < -0.4 is 10.6 Å². The molecule has 3 nitrogen and oxygen atoms in total. The molecule has 1 aliphatic heterocycles. The fraction of sp³-hybridized carbons (Fsp3) is 0.583. The molecule has 1 fully saturated rings. The Balaban J connectivity index is 0.00000162. The summed E-state index contributed by atoms with van der Waals surface area (Å²) in [5, 5.41) is 8.48. The Bertz CT molecular complexity index is 403. The molecule has 3 atom stereocenters. The first-order valence-electron chi connectivity index (χ1n) is 5.86. The van der Waals surface area contributed by atoms with E-state index < -0.39 is 0 Å². The number of amides is 1. The van der Waals surface area contributed by atoms with Crippen LogP contribution in [0, 0.1) is 8.80 Å². The predicted molar refractivity (Wildman–Crippen MR) is 86.8 cm³/mol. The molecule has 2 rings (SSSR count). The van der Waals surface area contributed by atoms with Crippen LogP contribution in [0.1, 0.15) is 30.6 Å². The van der Waals surface area contributed by atoms with Crippen molar-refractivity contribution in [3.63, 3.8) is 0 Å². The summed E-state index contributed by atoms with van der Waals surface area (Å²) in [5.41, 5.74) is 0.782. The van der Waals surface area contributed by atoms with Gasteiger partial charge in [-0.3, -0.25) is 4.79 Å². The SMILES string of the molecule is CC1CCNC(C)C1NC(=O)c1csc(I)c1.Cl. The third-order valence-corrected chi connectivity index (χ3v) is 5.13. The van der Waals surface area contributed by atoms with E-state index in [9.17, 15) is 4.79 Å². The van der Waals surface area contributed by atoms with Crippen molar-refractivity contribution in [2.24, 2.45) is 5.92 Å². The first kappa shape index (κ1) is 16.2. The van der Waals surface area contributed by atoms with Crippen molar-refractivity contribution in [3.05, 3.63) is 19.9 Å². The Morgan fingerprint density at radius 2 is 2.28 bits per heavy atom. The maximum Gasteiger partial charge on any atom is 0.252 e. The molecule has 102 valence electrons. The van der Waals surface area contributed by atoms with E-state index in [1.165, 1.54) is 0 Å². The van der Waals surface area contributed by atoms with Crippen LogP contribution in [-0.2, 0) is 0 Å². The van der Waals surface area contributed by atoms with Crippen molar-refractivity contribution in [2.45, 2.75) is 32.4 Å². The molecule has 1 saturated heterocycles. The highest BCUT2D eigenvalue weighted by Crippen LogP contribution is 2.19. The monoisotopic (exact) mass is 400 g/mol. The van der Waals surface area contributed by atoms with Gasteiger partial charge in [0.15, 0.2) is 0 Å². The minimum Gasteiger partial charge on any atom is -0.347 e. The smallest absolute Gasteiger partial charge is 0.252 e. The van der Waals surface area contributed by atoms with Crippen molar-refractivity contribution in [1.29, 1.82) is 0 Å². The minimum atomic E-state index is 0. The van der Waals surface area contributed by atoms with Crippen LogP contribution >= 0.6 is 46.3 Å². The van der Waals surface area contributed by atoms with Crippen LogP contribution in [0.2, 0.25) is 0 Å². The van der Waals surface area contributed by atoms with Crippen LogP contribution in [0.4, 0.5) is 0 Å². The Morgan fingerprint density at radius 3 is 2.83 bits per heavy atom. The molecule has 0 spiro atoms. The highest BCUT2D eigenvalue weighted by Gasteiger charge is 2.28. The summed E-state index contributed by atoms with van der Waals surface area (Å²) in [6.45, 7) is 5.39. The molecule has 2 heterocycles. The van der Waals surface area contributed by atoms with E-state index in [-0.39, 0.29) is 24.4 Å². The van der Waals surface area contributed by atoms with Gasteiger partial charge in [0.25, 0.3) is 5.91 Å². The minimum absolute atomic E-state index is 0. The number of piperidine rings is 1. The summed E-state index contributed by atoms with van der Waals surface area (Å²) in [4.78, 5) is 12.1. The molecule has 2 N–H and O–H groups in total.